The fourth-order valence-corrected chi connectivity index (χ4v) is 14.2. The number of hydrogen-bond donors (Lipinski definition) is 0. The molecule has 83 heavy (non-hydrogen) atoms. The smallest absolute Gasteiger partial charge is 0.0497 e. The summed E-state index contributed by atoms with van der Waals surface area (Å²) in [6, 6.07) is 112. The van der Waals surface area contributed by atoms with E-state index in [2.05, 4.69) is 319 Å². The Morgan fingerprint density at radius 2 is 0.494 bits per heavy atom. The van der Waals surface area contributed by atoms with Crippen molar-refractivity contribution in [3.63, 3.8) is 0 Å². The minimum atomic E-state index is 0.606. The molecule has 0 aliphatic rings. The average Bonchev–Trinajstić information content (AvgIpc) is 4.27. The summed E-state index contributed by atoms with van der Waals surface area (Å²) < 4.78 is 5.15. The van der Waals surface area contributed by atoms with E-state index in [1.165, 1.54) is 40.3 Å². The quantitative estimate of drug-likeness (QED) is 0.120. The predicted octanol–water partition coefficient (Wildman–Crippen LogP) is 24.0. The zero-order chi connectivity index (χ0) is 55.2. The maximum absolute atomic E-state index is 7.68. The van der Waals surface area contributed by atoms with Crippen LogP contribution in [0.3, 0.4) is 0 Å². The van der Waals surface area contributed by atoms with E-state index < -0.39 is 0 Å². The Hall–Kier alpha value is -9.81. The number of benzene rings is 13. The van der Waals surface area contributed by atoms with Gasteiger partial charge < -0.3 is 9.80 Å². The third-order valence-corrected chi connectivity index (χ3v) is 18.3. The van der Waals surface area contributed by atoms with Crippen LogP contribution in [0.2, 0.25) is 5.02 Å². The summed E-state index contributed by atoms with van der Waals surface area (Å²) in [6.07, 6.45) is 0. The Bertz CT molecular complexity index is 4460. The fourth-order valence-electron chi connectivity index (χ4n) is 11.8. The molecular formula is C78H51ClN2S2. The summed E-state index contributed by atoms with van der Waals surface area (Å²) in [4.78, 5) is 4.78. The summed E-state index contributed by atoms with van der Waals surface area (Å²) in [6.45, 7) is 0. The fraction of sp³-hybridized carbons (Fsp3) is 0. The first-order valence-electron chi connectivity index (χ1n) is 28.0. The minimum Gasteiger partial charge on any atom is -0.310 e. The number of halogens is 1. The molecule has 0 amide bonds. The highest BCUT2D eigenvalue weighted by Crippen LogP contribution is 2.48. The van der Waals surface area contributed by atoms with E-state index >= 15 is 0 Å². The second kappa shape index (κ2) is 21.6. The van der Waals surface area contributed by atoms with Crippen LogP contribution in [-0.2, 0) is 0 Å². The molecule has 0 bridgehead atoms. The maximum Gasteiger partial charge on any atom is 0.0497 e. The van der Waals surface area contributed by atoms with Crippen LogP contribution < -0.4 is 9.80 Å². The molecule has 392 valence electrons. The van der Waals surface area contributed by atoms with Gasteiger partial charge in [0.1, 0.15) is 0 Å². The van der Waals surface area contributed by atoms with Crippen molar-refractivity contribution < 1.29 is 0 Å². The molecule has 2 heterocycles. The van der Waals surface area contributed by atoms with E-state index in [0.717, 1.165) is 101 Å². The lowest BCUT2D eigenvalue weighted by molar-refractivity contribution is 1.25. The van der Waals surface area contributed by atoms with Crippen molar-refractivity contribution in [2.24, 2.45) is 0 Å². The number of hydrogen-bond acceptors (Lipinski definition) is 4. The van der Waals surface area contributed by atoms with Crippen LogP contribution in [0.25, 0.3) is 107 Å². The molecule has 0 radical (unpaired) electrons. The highest BCUT2D eigenvalue weighted by atomic mass is 35.5. The zero-order valence-corrected chi connectivity index (χ0v) is 47.4. The standard InChI is InChI=1S/C78H51ClN2S2/c79-64-49-69(80(67-43-60(52-19-5-1-6-20-52)39-61(44-67)53-21-7-2-8-22-53)65-29-17-27-56(41-65)58-35-37-77-73(47-58)71-31-13-15-33-75(71)82-77)51-70(50-64)81(68-45-62(54-23-9-3-10-24-54)40-63(46-68)55-25-11-4-12-26-55)66-30-18-28-57(42-66)59-36-38-78-74(48-59)72-32-14-16-34-76(72)83-78/h1-51H. The van der Waals surface area contributed by atoms with Crippen molar-refractivity contribution in [2.75, 3.05) is 9.80 Å². The van der Waals surface area contributed by atoms with Crippen LogP contribution in [0.4, 0.5) is 34.1 Å². The van der Waals surface area contributed by atoms with Crippen LogP contribution >= 0.6 is 34.3 Å². The first-order valence-corrected chi connectivity index (χ1v) is 30.0. The third-order valence-electron chi connectivity index (χ3n) is 15.8. The predicted molar refractivity (Wildman–Crippen MR) is 359 cm³/mol. The molecule has 0 saturated carbocycles. The number of anilines is 6. The summed E-state index contributed by atoms with van der Waals surface area (Å²) in [5.41, 5.74) is 19.3. The SMILES string of the molecule is Clc1cc(N(c2cccc(-c3ccc4sc5ccccc5c4c3)c2)c2cc(-c3ccccc3)cc(-c3ccccc3)c2)cc(N(c2cccc(-c3ccc4sc5ccccc5c4c3)c2)c2cc(-c3ccccc3)cc(-c3ccccc3)c2)c1. The number of fused-ring (bicyclic) bond motifs is 6. The van der Waals surface area contributed by atoms with E-state index in [-0.39, 0.29) is 0 Å². The van der Waals surface area contributed by atoms with Crippen molar-refractivity contribution in [2.45, 2.75) is 0 Å². The van der Waals surface area contributed by atoms with Gasteiger partial charge in [-0.25, -0.2) is 0 Å². The lowest BCUT2D eigenvalue weighted by Crippen LogP contribution is -2.14. The van der Waals surface area contributed by atoms with Gasteiger partial charge in [0, 0.05) is 79.5 Å². The lowest BCUT2D eigenvalue weighted by atomic mass is 9.96. The minimum absolute atomic E-state index is 0.606. The first-order chi connectivity index (χ1) is 41.0. The van der Waals surface area contributed by atoms with E-state index in [1.54, 1.807) is 0 Å². The van der Waals surface area contributed by atoms with Crippen molar-refractivity contribution in [3.05, 3.63) is 314 Å². The summed E-state index contributed by atoms with van der Waals surface area (Å²) in [5, 5.41) is 5.70. The van der Waals surface area contributed by atoms with E-state index in [9.17, 15) is 0 Å². The van der Waals surface area contributed by atoms with Gasteiger partial charge in [-0.3, -0.25) is 0 Å². The first kappa shape index (κ1) is 50.2. The molecule has 0 aliphatic carbocycles. The largest absolute Gasteiger partial charge is 0.310 e. The lowest BCUT2D eigenvalue weighted by Gasteiger charge is -2.31. The van der Waals surface area contributed by atoms with Gasteiger partial charge in [0.2, 0.25) is 0 Å². The molecular weight excluding hydrogens is 1060 g/mol. The second-order valence-corrected chi connectivity index (χ2v) is 23.7. The van der Waals surface area contributed by atoms with Crippen LogP contribution in [0.15, 0.2) is 309 Å². The Morgan fingerprint density at radius 1 is 0.193 bits per heavy atom. The molecule has 5 heteroatoms. The highest BCUT2D eigenvalue weighted by Gasteiger charge is 2.23. The van der Waals surface area contributed by atoms with E-state index in [1.807, 2.05) is 22.7 Å². The van der Waals surface area contributed by atoms with Gasteiger partial charge in [0.15, 0.2) is 0 Å². The van der Waals surface area contributed by atoms with Crippen molar-refractivity contribution in [1.29, 1.82) is 0 Å². The Morgan fingerprint density at radius 3 is 0.880 bits per heavy atom. The highest BCUT2D eigenvalue weighted by molar-refractivity contribution is 7.26. The van der Waals surface area contributed by atoms with Crippen molar-refractivity contribution in [3.8, 4) is 66.8 Å². The van der Waals surface area contributed by atoms with Crippen LogP contribution in [0.5, 0.6) is 0 Å². The molecule has 0 unspecified atom stereocenters. The third kappa shape index (κ3) is 9.83. The molecule has 0 atom stereocenters. The van der Waals surface area contributed by atoms with Crippen molar-refractivity contribution >= 4 is 109 Å². The second-order valence-electron chi connectivity index (χ2n) is 21.1. The Labute approximate surface area is 496 Å². The monoisotopic (exact) mass is 1110 g/mol. The molecule has 15 rings (SSSR count). The Balaban J connectivity index is 0.960. The maximum atomic E-state index is 7.68. The molecule has 0 aliphatic heterocycles. The van der Waals surface area contributed by atoms with Gasteiger partial charge in [-0.2, -0.15) is 0 Å². The van der Waals surface area contributed by atoms with Gasteiger partial charge in [-0.15, -0.1) is 22.7 Å². The summed E-state index contributed by atoms with van der Waals surface area (Å²) in [7, 11) is 0. The summed E-state index contributed by atoms with van der Waals surface area (Å²) in [5.74, 6) is 0. The van der Waals surface area contributed by atoms with Crippen LogP contribution in [0, 0.1) is 0 Å². The van der Waals surface area contributed by atoms with Crippen LogP contribution in [0.1, 0.15) is 0 Å². The summed E-state index contributed by atoms with van der Waals surface area (Å²) >= 11 is 11.4. The molecule has 2 nitrogen and oxygen atoms in total. The molecule has 0 N–H and O–H groups in total. The van der Waals surface area contributed by atoms with Gasteiger partial charge in [0.05, 0.1) is 0 Å². The molecule has 13 aromatic carbocycles. The molecule has 0 saturated heterocycles. The normalized spacial score (nSPS) is 11.4. The number of nitrogens with zero attached hydrogens (tertiary/aromatic N) is 2. The average molecular weight is 1120 g/mol. The molecule has 0 spiro atoms. The molecule has 15 aromatic rings. The number of thiophene rings is 2. The van der Waals surface area contributed by atoms with Crippen molar-refractivity contribution in [1.82, 2.24) is 0 Å². The van der Waals surface area contributed by atoms with E-state index in [0.29, 0.717) is 5.02 Å². The van der Waals surface area contributed by atoms with Gasteiger partial charge in [-0.1, -0.05) is 206 Å². The van der Waals surface area contributed by atoms with E-state index in [4.69, 9.17) is 11.6 Å². The van der Waals surface area contributed by atoms with Gasteiger partial charge in [-0.05, 0) is 182 Å². The molecule has 2 aromatic heterocycles. The Kier molecular flexibility index (Phi) is 13.0. The van der Waals surface area contributed by atoms with Gasteiger partial charge >= 0.3 is 0 Å². The van der Waals surface area contributed by atoms with Gasteiger partial charge in [0.25, 0.3) is 0 Å². The molecule has 0 fully saturated rings. The van der Waals surface area contributed by atoms with Crippen LogP contribution in [-0.4, -0.2) is 0 Å². The number of rotatable bonds is 12. The topological polar surface area (TPSA) is 6.48 Å². The zero-order valence-electron chi connectivity index (χ0n) is 45.0.